The number of hydrogen-bond donors (Lipinski definition) is 1. The molecule has 2 aromatic rings. The molecule has 0 radical (unpaired) electrons. The molecule has 2 rings (SSSR count). The minimum atomic E-state index is -0.784. The summed E-state index contributed by atoms with van der Waals surface area (Å²) < 4.78 is 1.99. The van der Waals surface area contributed by atoms with E-state index in [0.29, 0.717) is 6.42 Å². The Bertz CT molecular complexity index is 572. The average Bonchev–Trinajstić information content (AvgIpc) is 2.57. The van der Waals surface area contributed by atoms with E-state index in [1.807, 2.05) is 36.7 Å². The van der Waals surface area contributed by atoms with Crippen molar-refractivity contribution in [1.29, 1.82) is 0 Å². The lowest BCUT2D eigenvalue weighted by molar-refractivity contribution is -0.141. The maximum absolute atomic E-state index is 10.9. The zero-order valence-electron chi connectivity index (χ0n) is 10.3. The van der Waals surface area contributed by atoms with E-state index in [0.717, 1.165) is 22.4 Å². The first kappa shape index (κ1) is 11.6. The van der Waals surface area contributed by atoms with Gasteiger partial charge in [-0.15, -0.1) is 0 Å². The van der Waals surface area contributed by atoms with Gasteiger partial charge in [0, 0.05) is 13.5 Å². The van der Waals surface area contributed by atoms with Gasteiger partial charge in [-0.25, -0.2) is 4.98 Å². The largest absolute Gasteiger partial charge is 0.481 e. The second-order valence-electron chi connectivity index (χ2n) is 4.47. The number of fused-ring (bicyclic) bond motifs is 1. The van der Waals surface area contributed by atoms with Gasteiger partial charge in [-0.2, -0.15) is 0 Å². The van der Waals surface area contributed by atoms with Gasteiger partial charge in [0.25, 0.3) is 0 Å². The van der Waals surface area contributed by atoms with Crippen molar-refractivity contribution >= 4 is 17.0 Å². The molecule has 1 atom stereocenters. The molecule has 0 bridgehead atoms. The SMILES string of the molecule is Cc1cccc2nc(CC(C)C(=O)O)n(C)c12. The van der Waals surface area contributed by atoms with Crippen LogP contribution in [0.2, 0.25) is 0 Å². The molecule has 0 amide bonds. The van der Waals surface area contributed by atoms with Crippen LogP contribution in [0.1, 0.15) is 18.3 Å². The van der Waals surface area contributed by atoms with E-state index in [9.17, 15) is 4.79 Å². The number of carbonyl (C=O) groups is 1. The zero-order chi connectivity index (χ0) is 12.6. The number of carboxylic acid groups (broad SMARTS) is 1. The number of carboxylic acids is 1. The fraction of sp³-hybridized carbons (Fsp3) is 0.385. The predicted octanol–water partition coefficient (Wildman–Crippen LogP) is 2.14. The van der Waals surface area contributed by atoms with Crippen LogP contribution < -0.4 is 0 Å². The lowest BCUT2D eigenvalue weighted by atomic mass is 10.1. The van der Waals surface area contributed by atoms with Crippen LogP contribution in [0.3, 0.4) is 0 Å². The molecule has 0 fully saturated rings. The van der Waals surface area contributed by atoms with Crippen molar-refractivity contribution in [2.24, 2.45) is 13.0 Å². The fourth-order valence-electron chi connectivity index (χ4n) is 2.06. The number of benzene rings is 1. The number of imidazole rings is 1. The molecule has 17 heavy (non-hydrogen) atoms. The first-order valence-corrected chi connectivity index (χ1v) is 5.64. The molecule has 1 aromatic carbocycles. The summed E-state index contributed by atoms with van der Waals surface area (Å²) in [5.41, 5.74) is 3.17. The topological polar surface area (TPSA) is 55.1 Å². The molecule has 0 saturated carbocycles. The van der Waals surface area contributed by atoms with Crippen LogP contribution in [0.4, 0.5) is 0 Å². The number of aryl methyl sites for hydroxylation is 2. The quantitative estimate of drug-likeness (QED) is 0.882. The standard InChI is InChI=1S/C13H16N2O2/c1-8-5-4-6-10-12(8)15(3)11(14-10)7-9(2)13(16)17/h4-6,9H,7H2,1-3H3,(H,16,17). The van der Waals surface area contributed by atoms with Gasteiger partial charge in [0.1, 0.15) is 5.82 Å². The molecule has 1 heterocycles. The smallest absolute Gasteiger partial charge is 0.306 e. The Balaban J connectivity index is 2.46. The van der Waals surface area contributed by atoms with Gasteiger partial charge in [0.15, 0.2) is 0 Å². The molecule has 0 spiro atoms. The molecule has 90 valence electrons. The molecule has 1 unspecified atom stereocenters. The van der Waals surface area contributed by atoms with Crippen molar-refractivity contribution in [1.82, 2.24) is 9.55 Å². The Kier molecular flexibility index (Phi) is 2.88. The van der Waals surface area contributed by atoms with E-state index >= 15 is 0 Å². The third-order valence-corrected chi connectivity index (χ3v) is 3.10. The third-order valence-electron chi connectivity index (χ3n) is 3.10. The highest BCUT2D eigenvalue weighted by Gasteiger charge is 2.16. The van der Waals surface area contributed by atoms with Gasteiger partial charge in [-0.05, 0) is 18.6 Å². The summed E-state index contributed by atoms with van der Waals surface area (Å²) in [6, 6.07) is 5.96. The van der Waals surface area contributed by atoms with Gasteiger partial charge in [0.05, 0.1) is 17.0 Å². The maximum atomic E-state index is 10.9. The van der Waals surface area contributed by atoms with Crippen molar-refractivity contribution in [3.8, 4) is 0 Å². The highest BCUT2D eigenvalue weighted by molar-refractivity contribution is 5.79. The molecule has 4 nitrogen and oxygen atoms in total. The summed E-state index contributed by atoms with van der Waals surface area (Å²) in [5.74, 6) is -0.371. The minimum absolute atomic E-state index is 0.411. The Morgan fingerprint density at radius 2 is 2.24 bits per heavy atom. The minimum Gasteiger partial charge on any atom is -0.481 e. The van der Waals surface area contributed by atoms with E-state index in [1.54, 1.807) is 6.92 Å². The van der Waals surface area contributed by atoms with Gasteiger partial charge in [-0.3, -0.25) is 4.79 Å². The summed E-state index contributed by atoms with van der Waals surface area (Å²) in [4.78, 5) is 15.4. The molecular formula is C13H16N2O2. The maximum Gasteiger partial charge on any atom is 0.306 e. The molecule has 1 N–H and O–H groups in total. The molecule has 4 heteroatoms. The molecule has 1 aromatic heterocycles. The Morgan fingerprint density at radius 3 is 2.82 bits per heavy atom. The Morgan fingerprint density at radius 1 is 1.53 bits per heavy atom. The molecular weight excluding hydrogens is 216 g/mol. The Hall–Kier alpha value is -1.84. The molecule has 0 aliphatic carbocycles. The van der Waals surface area contributed by atoms with Crippen molar-refractivity contribution in [2.75, 3.05) is 0 Å². The zero-order valence-corrected chi connectivity index (χ0v) is 10.3. The van der Waals surface area contributed by atoms with Crippen LogP contribution >= 0.6 is 0 Å². The van der Waals surface area contributed by atoms with Gasteiger partial charge < -0.3 is 9.67 Å². The summed E-state index contributed by atoms with van der Waals surface area (Å²) in [6.45, 7) is 3.74. The number of rotatable bonds is 3. The van der Waals surface area contributed by atoms with Crippen LogP contribution in [-0.2, 0) is 18.3 Å². The first-order chi connectivity index (χ1) is 8.00. The van der Waals surface area contributed by atoms with E-state index in [-0.39, 0.29) is 0 Å². The predicted molar refractivity (Wildman–Crippen MR) is 66.0 cm³/mol. The van der Waals surface area contributed by atoms with Crippen molar-refractivity contribution < 1.29 is 9.90 Å². The number of hydrogen-bond acceptors (Lipinski definition) is 2. The number of para-hydroxylation sites is 1. The average molecular weight is 232 g/mol. The van der Waals surface area contributed by atoms with Crippen molar-refractivity contribution in [2.45, 2.75) is 20.3 Å². The third kappa shape index (κ3) is 2.02. The molecule has 0 aliphatic rings. The molecule has 0 saturated heterocycles. The van der Waals surface area contributed by atoms with Crippen LogP contribution in [0.25, 0.3) is 11.0 Å². The monoisotopic (exact) mass is 232 g/mol. The Labute approximate surface area is 99.9 Å². The van der Waals surface area contributed by atoms with E-state index in [4.69, 9.17) is 5.11 Å². The lowest BCUT2D eigenvalue weighted by Gasteiger charge is -2.06. The summed E-state index contributed by atoms with van der Waals surface area (Å²) in [6.07, 6.45) is 0.458. The number of nitrogens with zero attached hydrogens (tertiary/aromatic N) is 2. The fourth-order valence-corrected chi connectivity index (χ4v) is 2.06. The summed E-state index contributed by atoms with van der Waals surface area (Å²) >= 11 is 0. The summed E-state index contributed by atoms with van der Waals surface area (Å²) in [7, 11) is 1.94. The van der Waals surface area contributed by atoms with E-state index in [1.165, 1.54) is 0 Å². The highest BCUT2D eigenvalue weighted by atomic mass is 16.4. The molecule has 0 aliphatic heterocycles. The van der Waals surface area contributed by atoms with Crippen LogP contribution in [0.15, 0.2) is 18.2 Å². The van der Waals surface area contributed by atoms with Crippen molar-refractivity contribution in [3.05, 3.63) is 29.6 Å². The number of aromatic nitrogens is 2. The lowest BCUT2D eigenvalue weighted by Crippen LogP contribution is -2.14. The second-order valence-corrected chi connectivity index (χ2v) is 4.47. The second kappa shape index (κ2) is 4.20. The normalized spacial score (nSPS) is 12.9. The van der Waals surface area contributed by atoms with E-state index in [2.05, 4.69) is 4.98 Å². The first-order valence-electron chi connectivity index (χ1n) is 5.64. The summed E-state index contributed by atoms with van der Waals surface area (Å²) in [5, 5.41) is 8.93. The van der Waals surface area contributed by atoms with Gasteiger partial charge in [0.2, 0.25) is 0 Å². The van der Waals surface area contributed by atoms with E-state index < -0.39 is 11.9 Å². The van der Waals surface area contributed by atoms with Crippen molar-refractivity contribution in [3.63, 3.8) is 0 Å². The number of aliphatic carboxylic acids is 1. The van der Waals surface area contributed by atoms with Crippen LogP contribution in [0.5, 0.6) is 0 Å². The highest BCUT2D eigenvalue weighted by Crippen LogP contribution is 2.20. The van der Waals surface area contributed by atoms with Gasteiger partial charge in [-0.1, -0.05) is 19.1 Å². The van der Waals surface area contributed by atoms with Crippen LogP contribution in [-0.4, -0.2) is 20.6 Å². The van der Waals surface area contributed by atoms with Crippen LogP contribution in [0, 0.1) is 12.8 Å². The van der Waals surface area contributed by atoms with Gasteiger partial charge >= 0.3 is 5.97 Å².